The number of hydrogen-bond donors (Lipinski definition) is 1. The molecule has 1 aliphatic heterocycles. The Morgan fingerprint density at radius 1 is 1.72 bits per heavy atom. The minimum Gasteiger partial charge on any atom is -0.377 e. The van der Waals surface area contributed by atoms with Gasteiger partial charge in [0.25, 0.3) is 0 Å². The standard InChI is InChI=1S/C12H19N3O2S/c1-8-6-11(15(3)14-8)13-12(16)7-18-10-4-5-17-9(10)2/h6,9-10H,4-5,7H2,1-3H3,(H,13,16)/t9-,10+/m0/s1. The first kappa shape index (κ1) is 13.4. The van der Waals surface area contributed by atoms with Crippen LogP contribution in [0, 0.1) is 6.92 Å². The number of nitrogens with one attached hydrogen (secondary N) is 1. The van der Waals surface area contributed by atoms with Gasteiger partial charge in [-0.1, -0.05) is 0 Å². The molecule has 1 aromatic heterocycles. The van der Waals surface area contributed by atoms with E-state index in [1.807, 2.05) is 20.0 Å². The number of nitrogens with zero attached hydrogens (tertiary/aromatic N) is 2. The van der Waals surface area contributed by atoms with Gasteiger partial charge in [0, 0.05) is 25.0 Å². The van der Waals surface area contributed by atoms with Crippen LogP contribution in [0.4, 0.5) is 5.82 Å². The van der Waals surface area contributed by atoms with E-state index in [1.165, 1.54) is 0 Å². The lowest BCUT2D eigenvalue weighted by atomic mass is 10.3. The van der Waals surface area contributed by atoms with Crippen molar-refractivity contribution in [2.75, 3.05) is 17.7 Å². The van der Waals surface area contributed by atoms with Crippen molar-refractivity contribution in [1.29, 1.82) is 0 Å². The summed E-state index contributed by atoms with van der Waals surface area (Å²) < 4.78 is 7.15. The highest BCUT2D eigenvalue weighted by molar-refractivity contribution is 8.00. The third-order valence-corrected chi connectivity index (χ3v) is 4.48. The van der Waals surface area contributed by atoms with Crippen LogP contribution in [0.1, 0.15) is 19.0 Å². The second-order valence-electron chi connectivity index (χ2n) is 4.56. The van der Waals surface area contributed by atoms with E-state index in [2.05, 4.69) is 17.3 Å². The molecule has 1 N–H and O–H groups in total. The summed E-state index contributed by atoms with van der Waals surface area (Å²) in [5.74, 6) is 1.22. The second-order valence-corrected chi connectivity index (χ2v) is 5.78. The van der Waals surface area contributed by atoms with Gasteiger partial charge in [0.2, 0.25) is 5.91 Å². The highest BCUT2D eigenvalue weighted by Gasteiger charge is 2.25. The summed E-state index contributed by atoms with van der Waals surface area (Å²) >= 11 is 1.67. The quantitative estimate of drug-likeness (QED) is 0.901. The molecular formula is C12H19N3O2S. The van der Waals surface area contributed by atoms with E-state index >= 15 is 0 Å². The number of aromatic nitrogens is 2. The monoisotopic (exact) mass is 269 g/mol. The van der Waals surface area contributed by atoms with Gasteiger partial charge in [-0.2, -0.15) is 5.10 Å². The average Bonchev–Trinajstić information content (AvgIpc) is 2.83. The summed E-state index contributed by atoms with van der Waals surface area (Å²) in [7, 11) is 1.82. The molecule has 0 bridgehead atoms. The number of thioether (sulfide) groups is 1. The molecule has 0 radical (unpaired) electrons. The Morgan fingerprint density at radius 3 is 3.06 bits per heavy atom. The summed E-state index contributed by atoms with van der Waals surface area (Å²) in [5.41, 5.74) is 0.901. The lowest BCUT2D eigenvalue weighted by molar-refractivity contribution is -0.113. The molecule has 6 heteroatoms. The predicted octanol–water partition coefficient (Wildman–Crippen LogP) is 1.58. The number of carbonyl (C=O) groups is 1. The topological polar surface area (TPSA) is 56.1 Å². The van der Waals surface area contributed by atoms with E-state index < -0.39 is 0 Å². The van der Waals surface area contributed by atoms with Gasteiger partial charge in [-0.25, -0.2) is 0 Å². The van der Waals surface area contributed by atoms with Crippen LogP contribution in [-0.4, -0.2) is 39.4 Å². The zero-order valence-electron chi connectivity index (χ0n) is 11.0. The van der Waals surface area contributed by atoms with Crippen molar-refractivity contribution in [2.45, 2.75) is 31.6 Å². The summed E-state index contributed by atoms with van der Waals surface area (Å²) in [6, 6.07) is 1.86. The molecule has 1 aliphatic rings. The van der Waals surface area contributed by atoms with Crippen LogP contribution in [0.2, 0.25) is 0 Å². The van der Waals surface area contributed by atoms with E-state index in [4.69, 9.17) is 4.74 Å². The fourth-order valence-electron chi connectivity index (χ4n) is 2.02. The summed E-state index contributed by atoms with van der Waals surface area (Å²) in [4.78, 5) is 11.8. The van der Waals surface area contributed by atoms with Crippen molar-refractivity contribution in [3.8, 4) is 0 Å². The van der Waals surface area contributed by atoms with Crippen LogP contribution in [-0.2, 0) is 16.6 Å². The number of anilines is 1. The largest absolute Gasteiger partial charge is 0.377 e. The highest BCUT2D eigenvalue weighted by Crippen LogP contribution is 2.26. The molecule has 1 aromatic rings. The molecule has 2 rings (SSSR count). The molecule has 18 heavy (non-hydrogen) atoms. The number of carbonyl (C=O) groups excluding carboxylic acids is 1. The first-order valence-electron chi connectivity index (χ1n) is 6.10. The fraction of sp³-hybridized carbons (Fsp3) is 0.667. The Kier molecular flexibility index (Phi) is 4.29. The summed E-state index contributed by atoms with van der Waals surface area (Å²) in [6.45, 7) is 4.77. The third kappa shape index (κ3) is 3.26. The van der Waals surface area contributed by atoms with Crippen LogP contribution < -0.4 is 5.32 Å². The Hall–Kier alpha value is -1.01. The van der Waals surface area contributed by atoms with Crippen LogP contribution in [0.25, 0.3) is 0 Å². The van der Waals surface area contributed by atoms with E-state index in [0.29, 0.717) is 11.0 Å². The van der Waals surface area contributed by atoms with E-state index in [0.717, 1.165) is 24.5 Å². The maximum Gasteiger partial charge on any atom is 0.235 e. The maximum absolute atomic E-state index is 11.8. The molecule has 100 valence electrons. The molecule has 2 heterocycles. The minimum absolute atomic E-state index is 0.0158. The zero-order chi connectivity index (χ0) is 13.1. The average molecular weight is 269 g/mol. The van der Waals surface area contributed by atoms with Crippen LogP contribution in [0.5, 0.6) is 0 Å². The van der Waals surface area contributed by atoms with Crippen LogP contribution in [0.3, 0.4) is 0 Å². The Labute approximate surface area is 111 Å². The highest BCUT2D eigenvalue weighted by atomic mass is 32.2. The summed E-state index contributed by atoms with van der Waals surface area (Å²) in [5, 5.41) is 7.49. The number of ether oxygens (including phenoxy) is 1. The predicted molar refractivity (Wildman–Crippen MR) is 72.9 cm³/mol. The summed E-state index contributed by atoms with van der Waals surface area (Å²) in [6.07, 6.45) is 1.28. The molecule has 1 fully saturated rings. The van der Waals surface area contributed by atoms with Crippen molar-refractivity contribution < 1.29 is 9.53 Å². The first-order chi connectivity index (χ1) is 8.56. The van der Waals surface area contributed by atoms with Gasteiger partial charge in [0.1, 0.15) is 5.82 Å². The number of amides is 1. The molecule has 0 unspecified atom stereocenters. The van der Waals surface area contributed by atoms with Gasteiger partial charge in [-0.05, 0) is 20.3 Å². The van der Waals surface area contributed by atoms with E-state index in [1.54, 1.807) is 16.4 Å². The Morgan fingerprint density at radius 2 is 2.50 bits per heavy atom. The molecule has 0 saturated carbocycles. The second kappa shape index (κ2) is 5.75. The zero-order valence-corrected chi connectivity index (χ0v) is 11.8. The van der Waals surface area contributed by atoms with Crippen molar-refractivity contribution >= 4 is 23.5 Å². The Bertz CT molecular complexity index is 433. The van der Waals surface area contributed by atoms with Crippen molar-refractivity contribution in [3.05, 3.63) is 11.8 Å². The molecule has 1 amide bonds. The number of hydrogen-bond acceptors (Lipinski definition) is 4. The molecule has 0 aromatic carbocycles. The Balaban J connectivity index is 1.80. The molecule has 0 aliphatic carbocycles. The van der Waals surface area contributed by atoms with Gasteiger partial charge in [0.15, 0.2) is 0 Å². The molecule has 1 saturated heterocycles. The van der Waals surface area contributed by atoms with Gasteiger partial charge < -0.3 is 10.1 Å². The van der Waals surface area contributed by atoms with Gasteiger partial charge in [-0.3, -0.25) is 9.48 Å². The van der Waals surface area contributed by atoms with Crippen LogP contribution in [0.15, 0.2) is 6.07 Å². The normalized spacial score (nSPS) is 23.3. The van der Waals surface area contributed by atoms with Crippen LogP contribution >= 0.6 is 11.8 Å². The SMILES string of the molecule is Cc1cc(NC(=O)CS[C@@H]2CCO[C@H]2C)n(C)n1. The van der Waals surface area contributed by atoms with Gasteiger partial charge in [-0.15, -0.1) is 11.8 Å². The molecule has 5 nitrogen and oxygen atoms in total. The molecular weight excluding hydrogens is 250 g/mol. The lowest BCUT2D eigenvalue weighted by Crippen LogP contribution is -2.20. The number of aryl methyl sites for hydroxylation is 2. The minimum atomic E-state index is 0.0158. The van der Waals surface area contributed by atoms with Gasteiger partial charge in [0.05, 0.1) is 17.6 Å². The fourth-order valence-corrected chi connectivity index (χ4v) is 3.07. The lowest BCUT2D eigenvalue weighted by Gasteiger charge is -2.13. The van der Waals surface area contributed by atoms with E-state index in [-0.39, 0.29) is 12.0 Å². The maximum atomic E-state index is 11.8. The smallest absolute Gasteiger partial charge is 0.235 e. The third-order valence-electron chi connectivity index (χ3n) is 3.00. The van der Waals surface area contributed by atoms with E-state index in [9.17, 15) is 4.79 Å². The van der Waals surface area contributed by atoms with Crippen molar-refractivity contribution in [2.24, 2.45) is 7.05 Å². The molecule has 0 spiro atoms. The molecule has 2 atom stereocenters. The van der Waals surface area contributed by atoms with Crippen molar-refractivity contribution in [1.82, 2.24) is 9.78 Å². The number of rotatable bonds is 4. The van der Waals surface area contributed by atoms with Crippen molar-refractivity contribution in [3.63, 3.8) is 0 Å². The van der Waals surface area contributed by atoms with Gasteiger partial charge >= 0.3 is 0 Å². The first-order valence-corrected chi connectivity index (χ1v) is 7.15.